The standard InChI is InChI=1S/C45H75NO10/c1-12-24-46-35-18-21-44(56-45(35)23-22-42(11,55-45)36-19-20-43(51,15-4)31(10)52-36)28(7)25-27(6)40(54-44)33(14-3)38(48)29(8)37(47)30(9)39-26(5)16-17-34(53-39)32(13-2)41(49)50/h12,18,21,26-37,39-40,46-47,51H,1,13-17,19-20,22-25H2,2-11H3,(H,49,50)/t26-,27-,28+,29-,30-,31-,32?,33-,34?,35+,36+,37+,39?,40-,42-,43+,44-,45-/m0/s1. The maximum absolute atomic E-state index is 14.6. The average molecular weight is 790 g/mol. The second kappa shape index (κ2) is 17.9. The van der Waals surface area contributed by atoms with Crippen molar-refractivity contribution in [2.24, 2.45) is 41.4 Å². The topological polar surface area (TPSA) is 153 Å². The fourth-order valence-corrected chi connectivity index (χ4v) is 10.9. The van der Waals surface area contributed by atoms with Crippen molar-refractivity contribution in [1.29, 1.82) is 0 Å². The summed E-state index contributed by atoms with van der Waals surface area (Å²) in [5.74, 6) is -5.18. The van der Waals surface area contributed by atoms with Crippen molar-refractivity contribution < 1.29 is 48.6 Å². The van der Waals surface area contributed by atoms with Crippen LogP contribution in [0, 0.1) is 41.4 Å². The van der Waals surface area contributed by atoms with Gasteiger partial charge in [0.1, 0.15) is 5.78 Å². The summed E-state index contributed by atoms with van der Waals surface area (Å²) in [7, 11) is 0. The number of hydrogen-bond donors (Lipinski definition) is 4. The van der Waals surface area contributed by atoms with Crippen LogP contribution in [0.25, 0.3) is 0 Å². The van der Waals surface area contributed by atoms with Gasteiger partial charge in [-0.15, -0.1) is 6.58 Å². The predicted molar refractivity (Wildman–Crippen MR) is 215 cm³/mol. The quantitative estimate of drug-likeness (QED) is 0.127. The van der Waals surface area contributed by atoms with Gasteiger partial charge < -0.3 is 44.3 Å². The second-order valence-electron chi connectivity index (χ2n) is 18.6. The van der Waals surface area contributed by atoms with Crippen molar-refractivity contribution in [3.05, 3.63) is 24.8 Å². The molecular weight excluding hydrogens is 714 g/mol. The molecule has 5 aliphatic heterocycles. The highest BCUT2D eigenvalue weighted by Crippen LogP contribution is 2.54. The van der Waals surface area contributed by atoms with Crippen molar-refractivity contribution in [1.82, 2.24) is 5.32 Å². The molecule has 5 rings (SSSR count). The maximum Gasteiger partial charge on any atom is 0.309 e. The second-order valence-corrected chi connectivity index (χ2v) is 18.6. The molecule has 4 N–H and O–H groups in total. The molecule has 5 heterocycles. The van der Waals surface area contributed by atoms with Gasteiger partial charge >= 0.3 is 5.97 Å². The van der Waals surface area contributed by atoms with Crippen LogP contribution in [0.4, 0.5) is 0 Å². The molecule has 0 saturated carbocycles. The number of aliphatic hydroxyl groups is 2. The van der Waals surface area contributed by atoms with Gasteiger partial charge in [-0.05, 0) is 89.5 Å². The third-order valence-electron chi connectivity index (χ3n) is 15.0. The Hall–Kier alpha value is -1.70. The molecule has 0 aliphatic carbocycles. The molecule has 2 spiro atoms. The molecule has 0 radical (unpaired) electrons. The monoisotopic (exact) mass is 790 g/mol. The van der Waals surface area contributed by atoms with Crippen LogP contribution in [0.3, 0.4) is 0 Å². The van der Waals surface area contributed by atoms with Gasteiger partial charge in [0, 0.05) is 36.6 Å². The van der Waals surface area contributed by atoms with E-state index in [1.165, 1.54) is 0 Å². The summed E-state index contributed by atoms with van der Waals surface area (Å²) in [6, 6.07) is -0.289. The number of hydrogen-bond acceptors (Lipinski definition) is 10. The molecule has 0 aromatic rings. The van der Waals surface area contributed by atoms with E-state index in [-0.39, 0.29) is 53.8 Å². The van der Waals surface area contributed by atoms with Crippen LogP contribution in [-0.4, -0.2) is 99.1 Å². The lowest BCUT2D eigenvalue weighted by molar-refractivity contribution is -0.398. The maximum atomic E-state index is 14.6. The Morgan fingerprint density at radius 3 is 2.25 bits per heavy atom. The minimum atomic E-state index is -1.15. The third-order valence-corrected chi connectivity index (χ3v) is 15.0. The smallest absolute Gasteiger partial charge is 0.309 e. The molecular formula is C45H75NO10. The first-order chi connectivity index (χ1) is 26.3. The fraction of sp³-hybridized carbons (Fsp3) is 0.867. The van der Waals surface area contributed by atoms with E-state index in [1.807, 2.05) is 46.8 Å². The van der Waals surface area contributed by atoms with E-state index < -0.39 is 64.8 Å². The number of rotatable bonds is 15. The highest BCUT2D eigenvalue weighted by molar-refractivity contribution is 5.84. The van der Waals surface area contributed by atoms with Crippen LogP contribution in [0.15, 0.2) is 24.8 Å². The Labute approximate surface area is 336 Å². The fourth-order valence-electron chi connectivity index (χ4n) is 10.9. The van der Waals surface area contributed by atoms with Crippen molar-refractivity contribution in [2.75, 3.05) is 6.54 Å². The number of ether oxygens (including phenoxy) is 5. The number of carbonyl (C=O) groups excluding carboxylic acids is 1. The lowest BCUT2D eigenvalue weighted by atomic mass is 9.72. The summed E-state index contributed by atoms with van der Waals surface area (Å²) in [5.41, 5.74) is -1.52. The number of carboxylic acids is 1. The van der Waals surface area contributed by atoms with E-state index in [4.69, 9.17) is 23.7 Å². The molecule has 0 bridgehead atoms. The van der Waals surface area contributed by atoms with Gasteiger partial charge in [-0.2, -0.15) is 0 Å². The number of aliphatic hydroxyl groups excluding tert-OH is 1. The average Bonchev–Trinajstić information content (AvgIpc) is 3.51. The zero-order chi connectivity index (χ0) is 41.4. The van der Waals surface area contributed by atoms with Gasteiger partial charge in [0.05, 0.1) is 59.8 Å². The lowest BCUT2D eigenvalue weighted by Gasteiger charge is -2.55. The Kier molecular flexibility index (Phi) is 14.5. The molecule has 4 fully saturated rings. The van der Waals surface area contributed by atoms with Gasteiger partial charge in [0.25, 0.3) is 0 Å². The number of aliphatic carboxylic acids is 1. The normalized spacial score (nSPS) is 44.2. The largest absolute Gasteiger partial charge is 0.481 e. The predicted octanol–water partition coefficient (Wildman–Crippen LogP) is 6.97. The Morgan fingerprint density at radius 2 is 1.64 bits per heavy atom. The van der Waals surface area contributed by atoms with Crippen LogP contribution in [0.2, 0.25) is 0 Å². The van der Waals surface area contributed by atoms with Crippen molar-refractivity contribution in [3.8, 4) is 0 Å². The number of ketones is 1. The first-order valence-corrected chi connectivity index (χ1v) is 21.9. The molecule has 320 valence electrons. The SMILES string of the molecule is C=CCN[C@@H]1C=C[C@]2(O[C@H]([C@@H](CC)C(=O)[C@@H](C)[C@@H](O)[C@H](C)C3OC(C(CC)C(=O)O)CC[C@@H]3C)[C@@H](C)C[C@H]2C)O[C@@]12CC[C@@](C)([C@H]1CC[C@](O)(CC)[C@H](C)O1)O2. The summed E-state index contributed by atoms with van der Waals surface area (Å²) in [6.07, 6.45) is 9.64. The zero-order valence-electron chi connectivity index (χ0n) is 36.0. The minimum Gasteiger partial charge on any atom is -0.481 e. The molecule has 18 atom stereocenters. The summed E-state index contributed by atoms with van der Waals surface area (Å²) in [5, 5.41) is 36.3. The van der Waals surface area contributed by atoms with E-state index in [0.29, 0.717) is 57.9 Å². The molecule has 11 heteroatoms. The first kappa shape index (κ1) is 45.4. The lowest BCUT2D eigenvalue weighted by Crippen LogP contribution is -2.65. The highest BCUT2D eigenvalue weighted by Gasteiger charge is 2.63. The molecule has 5 aliphatic rings. The van der Waals surface area contributed by atoms with Gasteiger partial charge in [0.2, 0.25) is 0 Å². The molecule has 0 aromatic carbocycles. The van der Waals surface area contributed by atoms with Crippen LogP contribution < -0.4 is 5.32 Å². The van der Waals surface area contributed by atoms with Gasteiger partial charge in [-0.1, -0.05) is 67.5 Å². The van der Waals surface area contributed by atoms with E-state index in [9.17, 15) is 24.9 Å². The van der Waals surface area contributed by atoms with Crippen molar-refractivity contribution in [3.63, 3.8) is 0 Å². The Morgan fingerprint density at radius 1 is 0.946 bits per heavy atom. The van der Waals surface area contributed by atoms with E-state index >= 15 is 0 Å². The highest BCUT2D eigenvalue weighted by atomic mass is 16.8. The summed E-state index contributed by atoms with van der Waals surface area (Å²) >= 11 is 0. The molecule has 56 heavy (non-hydrogen) atoms. The van der Waals surface area contributed by atoms with E-state index in [2.05, 4.69) is 45.7 Å². The molecule has 11 nitrogen and oxygen atoms in total. The van der Waals surface area contributed by atoms with Crippen LogP contribution in [-0.2, 0) is 33.3 Å². The van der Waals surface area contributed by atoms with Gasteiger partial charge in [-0.3, -0.25) is 9.59 Å². The summed E-state index contributed by atoms with van der Waals surface area (Å²) in [6.45, 7) is 24.5. The number of carbonyl (C=O) groups is 2. The minimum absolute atomic E-state index is 0.0458. The molecule has 4 saturated heterocycles. The van der Waals surface area contributed by atoms with Crippen molar-refractivity contribution >= 4 is 11.8 Å². The number of Topliss-reactive ketones (excluding diaryl/α,β-unsaturated/α-hetero) is 1. The van der Waals surface area contributed by atoms with Crippen LogP contribution in [0.5, 0.6) is 0 Å². The van der Waals surface area contributed by atoms with Gasteiger partial charge in [0.15, 0.2) is 11.6 Å². The molecule has 0 amide bonds. The Bertz CT molecular complexity index is 1410. The number of nitrogens with one attached hydrogen (secondary N) is 1. The van der Waals surface area contributed by atoms with Crippen LogP contribution >= 0.6 is 0 Å². The van der Waals surface area contributed by atoms with E-state index in [1.54, 1.807) is 6.92 Å². The molecule has 3 unspecified atom stereocenters. The van der Waals surface area contributed by atoms with Gasteiger partial charge in [-0.25, -0.2) is 0 Å². The summed E-state index contributed by atoms with van der Waals surface area (Å²) in [4.78, 5) is 26.5. The molecule has 0 aromatic heterocycles. The van der Waals surface area contributed by atoms with Crippen molar-refractivity contribution in [2.45, 2.75) is 199 Å². The Balaban J connectivity index is 1.36. The third kappa shape index (κ3) is 8.63. The summed E-state index contributed by atoms with van der Waals surface area (Å²) < 4.78 is 34.5. The number of carboxylic acid groups (broad SMARTS) is 1. The first-order valence-electron chi connectivity index (χ1n) is 21.9. The van der Waals surface area contributed by atoms with Crippen LogP contribution in [0.1, 0.15) is 133 Å². The zero-order valence-corrected chi connectivity index (χ0v) is 36.0. The van der Waals surface area contributed by atoms with E-state index in [0.717, 1.165) is 12.8 Å².